The average molecular weight is 577 g/mol. The van der Waals surface area contributed by atoms with Gasteiger partial charge in [0.1, 0.15) is 37.1 Å². The fourth-order valence-corrected chi connectivity index (χ4v) is 5.73. The fourth-order valence-electron chi connectivity index (χ4n) is 5.73. The van der Waals surface area contributed by atoms with Crippen molar-refractivity contribution in [1.29, 1.82) is 0 Å². The number of hydrogen-bond acceptors (Lipinski definition) is 9. The van der Waals surface area contributed by atoms with E-state index in [0.29, 0.717) is 38.1 Å². The van der Waals surface area contributed by atoms with Crippen LogP contribution in [-0.2, 0) is 16.1 Å². The van der Waals surface area contributed by atoms with Crippen LogP contribution in [0.4, 0.5) is 5.69 Å². The van der Waals surface area contributed by atoms with Crippen LogP contribution in [0.15, 0.2) is 60.7 Å². The van der Waals surface area contributed by atoms with E-state index in [1.54, 1.807) is 7.11 Å². The number of piperidine rings is 1. The predicted octanol–water partition coefficient (Wildman–Crippen LogP) is 4.77. The first-order valence-electron chi connectivity index (χ1n) is 14.8. The largest absolute Gasteiger partial charge is 0.490 e. The molecule has 6 rings (SSSR count). The van der Waals surface area contributed by atoms with Crippen molar-refractivity contribution in [3.05, 3.63) is 71.8 Å². The highest BCUT2D eigenvalue weighted by Crippen LogP contribution is 2.36. The molecule has 9 nitrogen and oxygen atoms in total. The molecule has 2 unspecified atom stereocenters. The maximum atomic E-state index is 6.53. The van der Waals surface area contributed by atoms with E-state index >= 15 is 0 Å². The predicted molar refractivity (Wildman–Crippen MR) is 159 cm³/mol. The summed E-state index contributed by atoms with van der Waals surface area (Å²) in [6, 6.07) is 20.4. The zero-order valence-corrected chi connectivity index (χ0v) is 24.2. The summed E-state index contributed by atoms with van der Waals surface area (Å²) in [5.41, 5.74) is 3.58. The number of fused-ring (bicyclic) bond motifs is 2. The summed E-state index contributed by atoms with van der Waals surface area (Å²) in [6.07, 6.45) is 2.11. The lowest BCUT2D eigenvalue weighted by Gasteiger charge is -2.33. The molecule has 3 heterocycles. The molecular formula is C33H40N2O7. The quantitative estimate of drug-likeness (QED) is 0.290. The highest BCUT2D eigenvalue weighted by atomic mass is 16.7. The van der Waals surface area contributed by atoms with Crippen LogP contribution in [0.3, 0.4) is 0 Å². The Balaban J connectivity index is 1.00. The van der Waals surface area contributed by atoms with Gasteiger partial charge in [-0.25, -0.2) is 0 Å². The molecule has 224 valence electrons. The van der Waals surface area contributed by atoms with Crippen molar-refractivity contribution >= 4 is 5.69 Å². The molecule has 1 saturated heterocycles. The van der Waals surface area contributed by atoms with Crippen LogP contribution in [0.2, 0.25) is 0 Å². The maximum Gasteiger partial charge on any atom is 0.231 e. The van der Waals surface area contributed by atoms with Gasteiger partial charge in [-0.05, 0) is 66.9 Å². The topological polar surface area (TPSA) is 79.9 Å². The standard InChI is InChI=1S/C33H40N2O7/c1-36-15-2-13-35-14-16-39-30-9-3-24(19-29(30)35)22-40-33-21-34-12-11-28(33)25-4-6-26(7-5-25)37-17-18-38-27-8-10-31-32(20-27)42-23-41-31/h3-10,19-20,28,33-34H,2,11-18,21-23H2,1H3. The van der Waals surface area contributed by atoms with E-state index in [9.17, 15) is 0 Å². The van der Waals surface area contributed by atoms with E-state index in [2.05, 4.69) is 40.5 Å². The highest BCUT2D eigenvalue weighted by Gasteiger charge is 2.27. The van der Waals surface area contributed by atoms with Crippen molar-refractivity contribution in [3.8, 4) is 28.7 Å². The Kier molecular flexibility index (Phi) is 9.49. The number of benzene rings is 3. The Morgan fingerprint density at radius 1 is 0.857 bits per heavy atom. The molecule has 0 amide bonds. The minimum Gasteiger partial charge on any atom is -0.490 e. The molecule has 1 N–H and O–H groups in total. The molecule has 0 radical (unpaired) electrons. The van der Waals surface area contributed by atoms with Crippen LogP contribution in [0, 0.1) is 0 Å². The van der Waals surface area contributed by atoms with Gasteiger partial charge < -0.3 is 43.4 Å². The van der Waals surface area contributed by atoms with E-state index in [1.165, 1.54) is 5.56 Å². The lowest BCUT2D eigenvalue weighted by molar-refractivity contribution is 0.0106. The lowest BCUT2D eigenvalue weighted by atomic mass is 9.87. The van der Waals surface area contributed by atoms with Crippen molar-refractivity contribution in [1.82, 2.24) is 5.32 Å². The van der Waals surface area contributed by atoms with Gasteiger partial charge in [-0.15, -0.1) is 0 Å². The van der Waals surface area contributed by atoms with E-state index in [4.69, 9.17) is 33.2 Å². The lowest BCUT2D eigenvalue weighted by Crippen LogP contribution is -2.41. The number of nitrogens with zero attached hydrogens (tertiary/aromatic N) is 1. The number of anilines is 1. The molecule has 2 atom stereocenters. The smallest absolute Gasteiger partial charge is 0.231 e. The summed E-state index contributed by atoms with van der Waals surface area (Å²) in [5, 5.41) is 3.51. The van der Waals surface area contributed by atoms with E-state index in [1.807, 2.05) is 30.3 Å². The monoisotopic (exact) mass is 576 g/mol. The van der Waals surface area contributed by atoms with Gasteiger partial charge in [-0.2, -0.15) is 0 Å². The van der Waals surface area contributed by atoms with Crippen LogP contribution >= 0.6 is 0 Å². The SMILES string of the molecule is COCCCN1CCOc2ccc(COC3CNCCC3c3ccc(OCCOc4ccc5c(c4)OCO5)cc3)cc21. The fraction of sp³-hybridized carbons (Fsp3) is 0.455. The number of rotatable bonds is 13. The summed E-state index contributed by atoms with van der Waals surface area (Å²) < 4.78 is 40.2. The summed E-state index contributed by atoms with van der Waals surface area (Å²) in [7, 11) is 1.75. The second kappa shape index (κ2) is 14.0. The summed E-state index contributed by atoms with van der Waals surface area (Å²) in [5.74, 6) is 4.28. The Morgan fingerprint density at radius 2 is 1.67 bits per heavy atom. The number of ether oxygens (including phenoxy) is 7. The van der Waals surface area contributed by atoms with Crippen molar-refractivity contribution in [2.24, 2.45) is 0 Å². The van der Waals surface area contributed by atoms with Crippen LogP contribution < -0.4 is 33.9 Å². The van der Waals surface area contributed by atoms with Crippen molar-refractivity contribution in [3.63, 3.8) is 0 Å². The molecular weight excluding hydrogens is 536 g/mol. The van der Waals surface area contributed by atoms with Gasteiger partial charge in [0.15, 0.2) is 11.5 Å². The van der Waals surface area contributed by atoms with Gasteiger partial charge in [0.05, 0.1) is 24.9 Å². The molecule has 0 aromatic heterocycles. The normalized spacial score (nSPS) is 19.2. The number of methoxy groups -OCH3 is 1. The van der Waals surface area contributed by atoms with Crippen LogP contribution in [0.5, 0.6) is 28.7 Å². The third-order valence-electron chi connectivity index (χ3n) is 7.92. The van der Waals surface area contributed by atoms with Crippen molar-refractivity contribution in [2.75, 3.05) is 71.4 Å². The van der Waals surface area contributed by atoms with Crippen molar-refractivity contribution in [2.45, 2.75) is 31.5 Å². The summed E-state index contributed by atoms with van der Waals surface area (Å²) >= 11 is 0. The zero-order valence-electron chi connectivity index (χ0n) is 24.2. The first-order chi connectivity index (χ1) is 20.8. The molecule has 3 aromatic carbocycles. The average Bonchev–Trinajstić information content (AvgIpc) is 3.51. The zero-order chi connectivity index (χ0) is 28.6. The Morgan fingerprint density at radius 3 is 2.55 bits per heavy atom. The second-order valence-electron chi connectivity index (χ2n) is 10.7. The van der Waals surface area contributed by atoms with E-state index < -0.39 is 0 Å². The minimum absolute atomic E-state index is 0.0886. The van der Waals surface area contributed by atoms with Crippen molar-refractivity contribution < 1.29 is 33.2 Å². The Labute approximate surface area is 247 Å². The van der Waals surface area contributed by atoms with Gasteiger partial charge in [0, 0.05) is 38.8 Å². The van der Waals surface area contributed by atoms with E-state index in [-0.39, 0.29) is 12.9 Å². The van der Waals surface area contributed by atoms with Crippen LogP contribution in [0.25, 0.3) is 0 Å². The highest BCUT2D eigenvalue weighted by molar-refractivity contribution is 5.61. The molecule has 0 spiro atoms. The molecule has 0 saturated carbocycles. The maximum absolute atomic E-state index is 6.53. The third kappa shape index (κ3) is 7.03. The number of hydrogen-bond donors (Lipinski definition) is 1. The van der Waals surface area contributed by atoms with Gasteiger partial charge >= 0.3 is 0 Å². The second-order valence-corrected chi connectivity index (χ2v) is 10.7. The van der Waals surface area contributed by atoms with Gasteiger partial charge in [0.2, 0.25) is 6.79 Å². The molecule has 0 aliphatic carbocycles. The van der Waals surface area contributed by atoms with Gasteiger partial charge in [0.25, 0.3) is 0 Å². The molecule has 9 heteroatoms. The Bertz CT molecular complexity index is 1300. The van der Waals surface area contributed by atoms with Gasteiger partial charge in [-0.1, -0.05) is 18.2 Å². The third-order valence-corrected chi connectivity index (χ3v) is 7.92. The number of nitrogens with one attached hydrogen (secondary N) is 1. The first kappa shape index (κ1) is 28.5. The summed E-state index contributed by atoms with van der Waals surface area (Å²) in [4.78, 5) is 2.39. The molecule has 3 aromatic rings. The Hall–Kier alpha value is -3.66. The molecule has 3 aliphatic rings. The van der Waals surface area contributed by atoms with E-state index in [0.717, 1.165) is 79.9 Å². The van der Waals surface area contributed by atoms with Crippen LogP contribution in [0.1, 0.15) is 29.9 Å². The molecule has 3 aliphatic heterocycles. The minimum atomic E-state index is 0.0886. The van der Waals surface area contributed by atoms with Crippen LogP contribution in [-0.4, -0.2) is 72.6 Å². The first-order valence-corrected chi connectivity index (χ1v) is 14.8. The molecule has 42 heavy (non-hydrogen) atoms. The molecule has 0 bridgehead atoms. The molecule has 1 fully saturated rings. The summed E-state index contributed by atoms with van der Waals surface area (Å²) in [6.45, 7) is 6.82. The van der Waals surface area contributed by atoms with Gasteiger partial charge in [-0.3, -0.25) is 0 Å².